The molecule has 0 unspecified atom stereocenters. The summed E-state index contributed by atoms with van der Waals surface area (Å²) in [5.41, 5.74) is -3.67. The third-order valence-corrected chi connectivity index (χ3v) is 1.79. The zero-order chi connectivity index (χ0) is 12.5. The lowest BCUT2D eigenvalue weighted by molar-refractivity contribution is -0.386. The molecule has 0 bridgehead atoms. The Balaban J connectivity index is 3.60. The van der Waals surface area contributed by atoms with Crippen LogP contribution in [0, 0.1) is 16.1 Å². The second kappa shape index (κ2) is 4.44. The molecule has 0 aliphatic carbocycles. The summed E-state index contributed by atoms with van der Waals surface area (Å²) in [4.78, 5) is 22.6. The first-order chi connectivity index (χ1) is 7.34. The highest BCUT2D eigenvalue weighted by Gasteiger charge is 2.30. The van der Waals surface area contributed by atoms with Crippen molar-refractivity contribution in [1.29, 1.82) is 0 Å². The molecule has 5 nitrogen and oxygen atoms in total. The molecule has 1 aromatic rings. The summed E-state index contributed by atoms with van der Waals surface area (Å²) in [6.07, 6.45) is -3.36. The standard InChI is InChI=1S/C7H2ClF3N2O3/c8-6(14)5-4(7(10)11)2(13(15)16)1-3(9)12-5/h1,7H. The van der Waals surface area contributed by atoms with E-state index in [4.69, 9.17) is 11.6 Å². The second-order valence-electron chi connectivity index (χ2n) is 2.56. The number of aromatic nitrogens is 1. The lowest BCUT2D eigenvalue weighted by atomic mass is 10.1. The molecule has 16 heavy (non-hydrogen) atoms. The first kappa shape index (κ1) is 12.4. The van der Waals surface area contributed by atoms with Gasteiger partial charge in [-0.3, -0.25) is 14.9 Å². The fraction of sp³-hybridized carbons (Fsp3) is 0.143. The highest BCUT2D eigenvalue weighted by Crippen LogP contribution is 2.32. The van der Waals surface area contributed by atoms with Crippen molar-refractivity contribution < 1.29 is 22.9 Å². The van der Waals surface area contributed by atoms with E-state index < -0.39 is 39.5 Å². The summed E-state index contributed by atoms with van der Waals surface area (Å²) in [7, 11) is 0. The SMILES string of the molecule is O=C(Cl)c1nc(F)cc([N+](=O)[O-])c1C(F)F. The number of carbonyl (C=O) groups is 1. The second-order valence-corrected chi connectivity index (χ2v) is 2.90. The van der Waals surface area contributed by atoms with Crippen LogP contribution in [0.4, 0.5) is 18.9 Å². The molecule has 0 atom stereocenters. The van der Waals surface area contributed by atoms with Gasteiger partial charge >= 0.3 is 0 Å². The first-order valence-electron chi connectivity index (χ1n) is 3.67. The zero-order valence-electron chi connectivity index (χ0n) is 7.29. The van der Waals surface area contributed by atoms with Crippen LogP contribution in [0.5, 0.6) is 0 Å². The largest absolute Gasteiger partial charge is 0.285 e. The number of pyridine rings is 1. The Kier molecular flexibility index (Phi) is 3.43. The lowest BCUT2D eigenvalue weighted by Crippen LogP contribution is -2.08. The quantitative estimate of drug-likeness (QED) is 0.359. The third kappa shape index (κ3) is 2.27. The number of hydrogen-bond acceptors (Lipinski definition) is 4. The smallest absolute Gasteiger partial charge is 0.274 e. The summed E-state index contributed by atoms with van der Waals surface area (Å²) in [6, 6.07) is 0.199. The molecule has 1 rings (SSSR count). The van der Waals surface area contributed by atoms with Crippen molar-refractivity contribution in [2.24, 2.45) is 0 Å². The predicted molar refractivity (Wildman–Crippen MR) is 46.0 cm³/mol. The van der Waals surface area contributed by atoms with E-state index in [-0.39, 0.29) is 6.07 Å². The van der Waals surface area contributed by atoms with Crippen molar-refractivity contribution in [3.05, 3.63) is 33.4 Å². The Bertz CT molecular complexity index is 431. The minimum atomic E-state index is -3.36. The molecule has 86 valence electrons. The van der Waals surface area contributed by atoms with E-state index in [0.29, 0.717) is 0 Å². The van der Waals surface area contributed by atoms with Crippen LogP contribution in [0.25, 0.3) is 0 Å². The van der Waals surface area contributed by atoms with E-state index >= 15 is 0 Å². The van der Waals surface area contributed by atoms with Crippen LogP contribution in [0.1, 0.15) is 22.5 Å². The summed E-state index contributed by atoms with van der Waals surface area (Å²) >= 11 is 4.88. The molecule has 0 spiro atoms. The normalized spacial score (nSPS) is 10.6. The minimum Gasteiger partial charge on any atom is -0.274 e. The molecule has 0 N–H and O–H groups in total. The Morgan fingerprint density at radius 3 is 2.50 bits per heavy atom. The van der Waals surface area contributed by atoms with Crippen LogP contribution in [0.15, 0.2) is 6.07 Å². The number of hydrogen-bond donors (Lipinski definition) is 0. The lowest BCUT2D eigenvalue weighted by Gasteiger charge is -2.04. The summed E-state index contributed by atoms with van der Waals surface area (Å²) in [6.45, 7) is 0. The molecule has 0 aliphatic heterocycles. The molecule has 1 aromatic heterocycles. The molecule has 0 saturated heterocycles. The molecule has 0 amide bonds. The van der Waals surface area contributed by atoms with Crippen LogP contribution in [-0.4, -0.2) is 15.1 Å². The Morgan fingerprint density at radius 2 is 2.12 bits per heavy atom. The molecule has 0 aromatic carbocycles. The van der Waals surface area contributed by atoms with E-state index in [2.05, 4.69) is 4.98 Å². The number of nitrogens with zero attached hydrogens (tertiary/aromatic N) is 2. The van der Waals surface area contributed by atoms with Gasteiger partial charge in [-0.05, 0) is 11.6 Å². The zero-order valence-corrected chi connectivity index (χ0v) is 8.04. The van der Waals surface area contributed by atoms with Gasteiger partial charge in [0.2, 0.25) is 5.95 Å². The summed E-state index contributed by atoms with van der Waals surface area (Å²) < 4.78 is 37.6. The van der Waals surface area contributed by atoms with Gasteiger partial charge in [0.05, 0.1) is 11.0 Å². The van der Waals surface area contributed by atoms with E-state index in [1.54, 1.807) is 0 Å². The fourth-order valence-electron chi connectivity index (χ4n) is 1.03. The van der Waals surface area contributed by atoms with Gasteiger partial charge in [0.25, 0.3) is 17.4 Å². The van der Waals surface area contributed by atoms with Gasteiger partial charge in [-0.2, -0.15) is 4.39 Å². The van der Waals surface area contributed by atoms with Gasteiger partial charge in [-0.25, -0.2) is 13.8 Å². The van der Waals surface area contributed by atoms with Crippen molar-refractivity contribution in [2.75, 3.05) is 0 Å². The van der Waals surface area contributed by atoms with Crippen LogP contribution in [-0.2, 0) is 0 Å². The average Bonchev–Trinajstić information content (AvgIpc) is 2.15. The summed E-state index contributed by atoms with van der Waals surface area (Å²) in [5, 5.41) is 8.89. The molecule has 9 heteroatoms. The Labute approximate surface area is 91.0 Å². The fourth-order valence-corrected chi connectivity index (χ4v) is 1.17. The van der Waals surface area contributed by atoms with Crippen molar-refractivity contribution >= 4 is 22.5 Å². The number of alkyl halides is 2. The van der Waals surface area contributed by atoms with Gasteiger partial charge in [-0.1, -0.05) is 0 Å². The topological polar surface area (TPSA) is 73.1 Å². The monoisotopic (exact) mass is 254 g/mol. The number of nitro groups is 1. The Morgan fingerprint density at radius 1 is 1.56 bits per heavy atom. The van der Waals surface area contributed by atoms with Crippen LogP contribution >= 0.6 is 11.6 Å². The van der Waals surface area contributed by atoms with Crippen LogP contribution in [0.3, 0.4) is 0 Å². The highest BCUT2D eigenvalue weighted by atomic mass is 35.5. The predicted octanol–water partition coefficient (Wildman–Crippen LogP) is 2.45. The maximum absolute atomic E-state index is 12.7. The highest BCUT2D eigenvalue weighted by molar-refractivity contribution is 6.67. The van der Waals surface area contributed by atoms with Gasteiger partial charge in [0.15, 0.2) is 0 Å². The van der Waals surface area contributed by atoms with Crippen molar-refractivity contribution in [1.82, 2.24) is 4.98 Å². The van der Waals surface area contributed by atoms with Crippen molar-refractivity contribution in [3.63, 3.8) is 0 Å². The maximum atomic E-state index is 12.7. The van der Waals surface area contributed by atoms with Crippen molar-refractivity contribution in [2.45, 2.75) is 6.43 Å². The van der Waals surface area contributed by atoms with E-state index in [0.717, 1.165) is 0 Å². The van der Waals surface area contributed by atoms with Gasteiger partial charge in [-0.15, -0.1) is 0 Å². The molecular weight excluding hydrogens is 253 g/mol. The molecule has 0 radical (unpaired) electrons. The van der Waals surface area contributed by atoms with E-state index in [1.165, 1.54) is 0 Å². The minimum absolute atomic E-state index is 0.199. The summed E-state index contributed by atoms with van der Waals surface area (Å²) in [5.74, 6) is -1.43. The molecule has 1 heterocycles. The molecular formula is C7H2ClF3N2O3. The third-order valence-electron chi connectivity index (χ3n) is 1.61. The van der Waals surface area contributed by atoms with E-state index in [1.807, 2.05) is 0 Å². The number of carbonyl (C=O) groups excluding carboxylic acids is 1. The maximum Gasteiger partial charge on any atom is 0.285 e. The van der Waals surface area contributed by atoms with Crippen molar-refractivity contribution in [3.8, 4) is 0 Å². The molecule has 0 fully saturated rings. The first-order valence-corrected chi connectivity index (χ1v) is 4.05. The number of halogens is 4. The van der Waals surface area contributed by atoms with Crippen LogP contribution < -0.4 is 0 Å². The van der Waals surface area contributed by atoms with Gasteiger partial charge in [0.1, 0.15) is 11.3 Å². The number of rotatable bonds is 3. The molecule has 0 saturated carbocycles. The van der Waals surface area contributed by atoms with Crippen LogP contribution in [0.2, 0.25) is 0 Å². The van der Waals surface area contributed by atoms with Gasteiger partial charge < -0.3 is 0 Å². The van der Waals surface area contributed by atoms with E-state index in [9.17, 15) is 28.1 Å². The average molecular weight is 255 g/mol. The molecule has 0 aliphatic rings. The Hall–Kier alpha value is -1.70. The van der Waals surface area contributed by atoms with Gasteiger partial charge in [0, 0.05) is 0 Å².